The number of hydrogen-bond donors (Lipinski definition) is 1. The van der Waals surface area contributed by atoms with Crippen molar-refractivity contribution in [2.75, 3.05) is 5.73 Å². The third-order valence-corrected chi connectivity index (χ3v) is 19.6. The van der Waals surface area contributed by atoms with E-state index in [9.17, 15) is 0 Å². The molecule has 1 heterocycles. The molecule has 0 aliphatic heterocycles. The third kappa shape index (κ3) is 5.42. The molecule has 3 nitrogen and oxygen atoms in total. The van der Waals surface area contributed by atoms with Crippen molar-refractivity contribution in [3.8, 4) is 0 Å². The number of rotatable bonds is 10. The summed E-state index contributed by atoms with van der Waals surface area (Å²) in [5.74, 6) is 0.651. The summed E-state index contributed by atoms with van der Waals surface area (Å²) in [6, 6.07) is 0. The number of unbranched alkanes of at least 4 members (excludes halogenated alkanes) is 3. The van der Waals surface area contributed by atoms with Gasteiger partial charge in [0.15, 0.2) is 0 Å². The van der Waals surface area contributed by atoms with Gasteiger partial charge in [-0.1, -0.05) is 0 Å². The zero-order valence-corrected chi connectivity index (χ0v) is 17.3. The van der Waals surface area contributed by atoms with Crippen LogP contribution in [0.25, 0.3) is 0 Å². The van der Waals surface area contributed by atoms with E-state index < -0.39 is 18.4 Å². The van der Waals surface area contributed by atoms with E-state index in [1.54, 1.807) is 0 Å². The van der Waals surface area contributed by atoms with Crippen LogP contribution in [0.15, 0.2) is 6.20 Å². The molecule has 0 aromatic carbocycles. The number of nitrogen functional groups attached to an aromatic ring is 1. The molecule has 0 radical (unpaired) electrons. The molecule has 0 spiro atoms. The van der Waals surface area contributed by atoms with E-state index in [1.165, 1.54) is 55.5 Å². The van der Waals surface area contributed by atoms with Crippen LogP contribution in [0.1, 0.15) is 65.0 Å². The molecule has 1 rings (SSSR count). The van der Waals surface area contributed by atoms with Crippen molar-refractivity contribution in [3.63, 3.8) is 0 Å². The maximum absolute atomic E-state index is 6.06. The van der Waals surface area contributed by atoms with E-state index in [-0.39, 0.29) is 0 Å². The van der Waals surface area contributed by atoms with Gasteiger partial charge >= 0.3 is 135 Å². The second kappa shape index (κ2) is 9.65. The van der Waals surface area contributed by atoms with Crippen molar-refractivity contribution in [2.45, 2.75) is 79.5 Å². The fourth-order valence-electron chi connectivity index (χ4n) is 3.02. The number of nitrogens with two attached hydrogens (primary N) is 1. The Labute approximate surface area is 135 Å². The van der Waals surface area contributed by atoms with Gasteiger partial charge in [-0.15, -0.1) is 0 Å². The summed E-state index contributed by atoms with van der Waals surface area (Å²) >= 11 is -2.42. The average Bonchev–Trinajstić information content (AvgIpc) is 2.50. The summed E-state index contributed by atoms with van der Waals surface area (Å²) in [5, 5.41) is 0. The molecule has 21 heavy (non-hydrogen) atoms. The van der Waals surface area contributed by atoms with Gasteiger partial charge in [0.2, 0.25) is 0 Å². The zero-order chi connectivity index (χ0) is 15.7. The summed E-state index contributed by atoms with van der Waals surface area (Å²) in [6.45, 7) is 8.84. The Morgan fingerprint density at radius 3 is 1.81 bits per heavy atom. The molecular weight excluding hydrogens is 365 g/mol. The monoisotopic (exact) mass is 399 g/mol. The second-order valence-corrected chi connectivity index (χ2v) is 19.4. The van der Waals surface area contributed by atoms with Crippen LogP contribution in [0.5, 0.6) is 0 Å². The van der Waals surface area contributed by atoms with E-state index in [0.29, 0.717) is 5.82 Å². The topological polar surface area (TPSA) is 51.8 Å². The van der Waals surface area contributed by atoms with E-state index in [4.69, 9.17) is 10.7 Å². The molecule has 1 aromatic heterocycles. The normalized spacial score (nSPS) is 11.8. The van der Waals surface area contributed by atoms with Crippen LogP contribution in [-0.2, 0) is 0 Å². The minimum absolute atomic E-state index is 0.651. The number of hydrogen-bond acceptors (Lipinski definition) is 3. The van der Waals surface area contributed by atoms with Gasteiger partial charge in [0.1, 0.15) is 0 Å². The fraction of sp³-hybridized carbons (Fsp3) is 0.765. The van der Waals surface area contributed by atoms with Crippen LogP contribution >= 0.6 is 0 Å². The van der Waals surface area contributed by atoms with E-state index in [1.807, 2.05) is 6.92 Å². The van der Waals surface area contributed by atoms with Crippen molar-refractivity contribution in [1.29, 1.82) is 0 Å². The van der Waals surface area contributed by atoms with Gasteiger partial charge < -0.3 is 0 Å². The first-order chi connectivity index (χ1) is 10.1. The summed E-state index contributed by atoms with van der Waals surface area (Å²) in [6.07, 6.45) is 9.96. The molecule has 0 atom stereocenters. The zero-order valence-electron chi connectivity index (χ0n) is 14.4. The van der Waals surface area contributed by atoms with Gasteiger partial charge in [0, 0.05) is 0 Å². The van der Waals surface area contributed by atoms with Crippen LogP contribution in [-0.4, -0.2) is 28.3 Å². The molecule has 0 fully saturated rings. The number of aromatic nitrogens is 2. The Morgan fingerprint density at radius 2 is 1.43 bits per heavy atom. The van der Waals surface area contributed by atoms with Crippen LogP contribution in [0, 0.1) is 6.92 Å². The quantitative estimate of drug-likeness (QED) is 0.594. The van der Waals surface area contributed by atoms with Crippen molar-refractivity contribution >= 4 is 27.9 Å². The van der Waals surface area contributed by atoms with Gasteiger partial charge in [0.05, 0.1) is 0 Å². The standard InChI is InChI=1S/C5H6N3.3C4H9.Sn/c1-4-5(6)8-3-2-7-4;3*1-3-4-2;/h2H,1H3,(H2,6,8);3*1,3-4H2,2H3;. The number of anilines is 1. The molecule has 0 saturated carbocycles. The summed E-state index contributed by atoms with van der Waals surface area (Å²) < 4.78 is 5.59. The molecule has 4 heteroatoms. The summed E-state index contributed by atoms with van der Waals surface area (Å²) in [4.78, 5) is 9.35. The Balaban J connectivity index is 3.12. The second-order valence-electron chi connectivity index (χ2n) is 6.32. The van der Waals surface area contributed by atoms with Crippen LogP contribution in [0.3, 0.4) is 0 Å². The average molecular weight is 398 g/mol. The Hall–Kier alpha value is -0.321. The first-order valence-corrected chi connectivity index (χ1v) is 16.2. The van der Waals surface area contributed by atoms with Crippen LogP contribution in [0.4, 0.5) is 5.82 Å². The molecule has 0 amide bonds. The molecule has 0 unspecified atom stereocenters. The third-order valence-electron chi connectivity index (χ3n) is 4.56. The first-order valence-electron chi connectivity index (χ1n) is 8.69. The SMILES string of the molecule is CCC[CH2][Sn]([CH2]CCC)([CH2]CCC)[c]1cnc(C)c(N)n1. The van der Waals surface area contributed by atoms with Gasteiger partial charge in [-0.2, -0.15) is 0 Å². The summed E-state index contributed by atoms with van der Waals surface area (Å²) in [5.41, 5.74) is 6.94. The van der Waals surface area contributed by atoms with Gasteiger partial charge in [0.25, 0.3) is 0 Å². The van der Waals surface area contributed by atoms with Crippen molar-refractivity contribution in [1.82, 2.24) is 9.97 Å². The van der Waals surface area contributed by atoms with E-state index in [2.05, 4.69) is 32.0 Å². The molecule has 0 saturated heterocycles. The molecule has 120 valence electrons. The van der Waals surface area contributed by atoms with E-state index >= 15 is 0 Å². The van der Waals surface area contributed by atoms with E-state index in [0.717, 1.165) is 5.69 Å². The Kier molecular flexibility index (Phi) is 8.60. The van der Waals surface area contributed by atoms with Gasteiger partial charge in [-0.05, 0) is 0 Å². The number of aryl methyl sites for hydroxylation is 1. The van der Waals surface area contributed by atoms with Crippen LogP contribution < -0.4 is 9.44 Å². The molecule has 2 N–H and O–H groups in total. The molecule has 0 bridgehead atoms. The molecule has 1 aromatic rings. The Bertz CT molecular complexity index is 399. The van der Waals surface area contributed by atoms with Crippen molar-refractivity contribution in [3.05, 3.63) is 11.9 Å². The molecule has 0 aliphatic carbocycles. The fourth-order valence-corrected chi connectivity index (χ4v) is 18.2. The first kappa shape index (κ1) is 18.7. The van der Waals surface area contributed by atoms with Gasteiger partial charge in [-0.3, -0.25) is 0 Å². The minimum atomic E-state index is -2.42. The molecule has 0 aliphatic rings. The molecular formula is C17H33N3Sn. The number of nitrogens with zero attached hydrogens (tertiary/aromatic N) is 2. The summed E-state index contributed by atoms with van der Waals surface area (Å²) in [7, 11) is 0. The predicted octanol–water partition coefficient (Wildman–Crippen LogP) is 4.42. The van der Waals surface area contributed by atoms with Crippen LogP contribution in [0.2, 0.25) is 13.3 Å². The maximum atomic E-state index is 6.06. The van der Waals surface area contributed by atoms with Crippen molar-refractivity contribution in [2.24, 2.45) is 0 Å². The van der Waals surface area contributed by atoms with Gasteiger partial charge in [-0.25, -0.2) is 0 Å². The predicted molar refractivity (Wildman–Crippen MR) is 95.7 cm³/mol. The van der Waals surface area contributed by atoms with Crippen molar-refractivity contribution < 1.29 is 0 Å². The Morgan fingerprint density at radius 1 is 0.952 bits per heavy atom.